The number of carbonyl (C=O) groups is 1. The second-order valence-corrected chi connectivity index (χ2v) is 10.4. The van der Waals surface area contributed by atoms with E-state index in [-0.39, 0.29) is 10.9 Å². The third kappa shape index (κ3) is 4.33. The number of amides is 1. The number of rotatable bonds is 4. The monoisotopic (exact) mass is 397 g/mol. The molecule has 0 radical (unpaired) electrons. The van der Waals surface area contributed by atoms with Crippen LogP contribution in [0.1, 0.15) is 55.2 Å². The molecule has 7 nitrogen and oxygen atoms in total. The maximum Gasteiger partial charge on any atom is 0.293 e. The Balaban J connectivity index is 1.73. The summed E-state index contributed by atoms with van der Waals surface area (Å²) in [5.74, 6) is 0.0434. The van der Waals surface area contributed by atoms with Crippen LogP contribution in [0.2, 0.25) is 0 Å². The summed E-state index contributed by atoms with van der Waals surface area (Å²) in [7, 11) is -3.82. The Morgan fingerprint density at radius 2 is 2.08 bits per heavy atom. The zero-order valence-electron chi connectivity index (χ0n) is 15.3. The lowest BCUT2D eigenvalue weighted by Gasteiger charge is -2.18. The molecular weight excluding hydrogens is 374 g/mol. The van der Waals surface area contributed by atoms with Gasteiger partial charge in [0, 0.05) is 10.4 Å². The standard InChI is InChI=1S/C17H23N3O4S2/c1-10-5-6-11-13(9-10)25-16(18-11)19-15(21)12-7-8-14(24-12)26(22,23)20-17(2,3)4/h7-8,10,20H,5-6,9H2,1-4H3,(H,18,19,21). The molecule has 9 heteroatoms. The van der Waals surface area contributed by atoms with E-state index in [1.165, 1.54) is 28.3 Å². The van der Waals surface area contributed by atoms with Crippen molar-refractivity contribution in [2.45, 2.75) is 57.6 Å². The van der Waals surface area contributed by atoms with E-state index in [1.807, 2.05) is 0 Å². The molecule has 1 aliphatic carbocycles. The van der Waals surface area contributed by atoms with Crippen LogP contribution in [0, 0.1) is 5.92 Å². The highest BCUT2D eigenvalue weighted by molar-refractivity contribution is 7.89. The third-order valence-corrected chi connectivity index (χ3v) is 6.58. The van der Waals surface area contributed by atoms with Gasteiger partial charge in [0.25, 0.3) is 15.9 Å². The van der Waals surface area contributed by atoms with Crippen molar-refractivity contribution in [2.75, 3.05) is 5.32 Å². The van der Waals surface area contributed by atoms with Crippen molar-refractivity contribution in [3.8, 4) is 0 Å². The van der Waals surface area contributed by atoms with Crippen molar-refractivity contribution in [3.05, 3.63) is 28.5 Å². The van der Waals surface area contributed by atoms with Crippen molar-refractivity contribution < 1.29 is 17.6 Å². The number of nitrogens with zero attached hydrogens (tertiary/aromatic N) is 1. The van der Waals surface area contributed by atoms with Gasteiger partial charge in [-0.2, -0.15) is 0 Å². The number of hydrogen-bond acceptors (Lipinski definition) is 6. The number of anilines is 1. The lowest BCUT2D eigenvalue weighted by molar-refractivity contribution is 0.0991. The second kappa shape index (κ2) is 6.79. The molecule has 1 amide bonds. The minimum absolute atomic E-state index is 0.0687. The van der Waals surface area contributed by atoms with Crippen molar-refractivity contribution in [2.24, 2.45) is 5.92 Å². The van der Waals surface area contributed by atoms with Gasteiger partial charge in [0.15, 0.2) is 10.9 Å². The fourth-order valence-electron chi connectivity index (χ4n) is 2.79. The molecule has 1 atom stereocenters. The fraction of sp³-hybridized carbons (Fsp3) is 0.529. The molecule has 2 N–H and O–H groups in total. The highest BCUT2D eigenvalue weighted by Crippen LogP contribution is 2.32. The number of aromatic nitrogens is 1. The van der Waals surface area contributed by atoms with Gasteiger partial charge >= 0.3 is 0 Å². The van der Waals surface area contributed by atoms with Crippen LogP contribution in [0.5, 0.6) is 0 Å². The second-order valence-electron chi connectivity index (χ2n) is 7.67. The van der Waals surface area contributed by atoms with E-state index < -0.39 is 21.5 Å². The molecule has 0 saturated heterocycles. The number of furan rings is 1. The van der Waals surface area contributed by atoms with Gasteiger partial charge < -0.3 is 4.42 Å². The van der Waals surface area contributed by atoms with Crippen molar-refractivity contribution in [3.63, 3.8) is 0 Å². The Bertz CT molecular complexity index is 922. The zero-order chi connectivity index (χ0) is 19.1. The third-order valence-electron chi connectivity index (χ3n) is 3.92. The summed E-state index contributed by atoms with van der Waals surface area (Å²) in [6.07, 6.45) is 3.00. The molecule has 26 heavy (non-hydrogen) atoms. The normalized spacial score (nSPS) is 17.8. The Hall–Kier alpha value is -1.71. The molecule has 0 bridgehead atoms. The average Bonchev–Trinajstić information content (AvgIpc) is 3.10. The molecule has 0 aliphatic heterocycles. The molecule has 2 aromatic rings. The van der Waals surface area contributed by atoms with Gasteiger partial charge in [0.05, 0.1) is 5.69 Å². The summed E-state index contributed by atoms with van der Waals surface area (Å²) in [4.78, 5) is 18.0. The van der Waals surface area contributed by atoms with E-state index in [9.17, 15) is 13.2 Å². The molecule has 0 spiro atoms. The first-order valence-electron chi connectivity index (χ1n) is 8.47. The Labute approximate surface area is 157 Å². The van der Waals surface area contributed by atoms with E-state index in [1.54, 1.807) is 20.8 Å². The minimum Gasteiger partial charge on any atom is -0.438 e. The van der Waals surface area contributed by atoms with Gasteiger partial charge in [-0.1, -0.05) is 6.92 Å². The quantitative estimate of drug-likeness (QED) is 0.825. The van der Waals surface area contributed by atoms with Crippen LogP contribution >= 0.6 is 11.3 Å². The molecule has 0 aromatic carbocycles. The number of aryl methyl sites for hydroxylation is 1. The van der Waals surface area contributed by atoms with Gasteiger partial charge in [0.2, 0.25) is 5.09 Å². The molecule has 1 aliphatic rings. The largest absolute Gasteiger partial charge is 0.438 e. The van der Waals surface area contributed by atoms with Crippen molar-refractivity contribution in [1.82, 2.24) is 9.71 Å². The first kappa shape index (κ1) is 19.1. The smallest absolute Gasteiger partial charge is 0.293 e. The van der Waals surface area contributed by atoms with E-state index >= 15 is 0 Å². The number of fused-ring (bicyclic) bond motifs is 1. The number of sulfonamides is 1. The molecular formula is C17H23N3O4S2. The Kier molecular flexibility index (Phi) is 4.98. The first-order valence-corrected chi connectivity index (χ1v) is 10.8. The molecule has 1 unspecified atom stereocenters. The number of carbonyl (C=O) groups excluding carboxylic acids is 1. The van der Waals surface area contributed by atoms with Crippen LogP contribution in [-0.2, 0) is 22.9 Å². The summed E-state index contributed by atoms with van der Waals surface area (Å²) in [5.41, 5.74) is 0.394. The topological polar surface area (TPSA) is 101 Å². The van der Waals surface area contributed by atoms with Gasteiger partial charge in [0.1, 0.15) is 0 Å². The molecule has 2 aromatic heterocycles. The Morgan fingerprint density at radius 1 is 1.35 bits per heavy atom. The van der Waals surface area contributed by atoms with E-state index in [4.69, 9.17) is 4.42 Å². The maximum absolute atomic E-state index is 12.4. The van der Waals surface area contributed by atoms with Crippen LogP contribution in [-0.4, -0.2) is 24.8 Å². The van der Waals surface area contributed by atoms with Gasteiger partial charge in [-0.3, -0.25) is 10.1 Å². The summed E-state index contributed by atoms with van der Waals surface area (Å²) in [6, 6.07) is 2.62. The summed E-state index contributed by atoms with van der Waals surface area (Å²) in [6.45, 7) is 7.39. The van der Waals surface area contributed by atoms with E-state index in [2.05, 4.69) is 21.9 Å². The summed E-state index contributed by atoms with van der Waals surface area (Å²) < 4.78 is 32.3. The number of nitrogens with one attached hydrogen (secondary N) is 2. The lowest BCUT2D eigenvalue weighted by Crippen LogP contribution is -2.40. The van der Waals surface area contributed by atoms with Crippen LogP contribution in [0.3, 0.4) is 0 Å². The summed E-state index contributed by atoms with van der Waals surface area (Å²) >= 11 is 1.47. The van der Waals surface area contributed by atoms with Gasteiger partial charge in [-0.25, -0.2) is 18.1 Å². The van der Waals surface area contributed by atoms with Crippen molar-refractivity contribution >= 4 is 32.4 Å². The Morgan fingerprint density at radius 3 is 2.77 bits per heavy atom. The predicted octanol–water partition coefficient (Wildman–Crippen LogP) is 3.19. The SMILES string of the molecule is CC1CCc2nc(NC(=O)c3ccc(S(=O)(=O)NC(C)(C)C)o3)sc2C1. The molecule has 2 heterocycles. The predicted molar refractivity (Wildman–Crippen MR) is 100 cm³/mol. The van der Waals surface area contributed by atoms with Crippen LogP contribution in [0.25, 0.3) is 0 Å². The average molecular weight is 398 g/mol. The molecule has 0 fully saturated rings. The number of hydrogen-bond donors (Lipinski definition) is 2. The van der Waals surface area contributed by atoms with Crippen LogP contribution in [0.15, 0.2) is 21.6 Å². The van der Waals surface area contributed by atoms with Gasteiger partial charge in [-0.15, -0.1) is 11.3 Å². The highest BCUT2D eigenvalue weighted by Gasteiger charge is 2.27. The van der Waals surface area contributed by atoms with Crippen LogP contribution in [0.4, 0.5) is 5.13 Å². The maximum atomic E-state index is 12.4. The molecule has 3 rings (SSSR count). The minimum atomic E-state index is -3.82. The van der Waals surface area contributed by atoms with E-state index in [0.717, 1.165) is 25.0 Å². The van der Waals surface area contributed by atoms with Crippen molar-refractivity contribution in [1.29, 1.82) is 0 Å². The fourth-order valence-corrected chi connectivity index (χ4v) is 5.31. The highest BCUT2D eigenvalue weighted by atomic mass is 32.2. The number of thiazole rings is 1. The lowest BCUT2D eigenvalue weighted by atomic mass is 9.93. The van der Waals surface area contributed by atoms with Crippen LogP contribution < -0.4 is 10.0 Å². The van der Waals surface area contributed by atoms with Gasteiger partial charge in [-0.05, 0) is 58.1 Å². The molecule has 0 saturated carbocycles. The molecule has 142 valence electrons. The first-order chi connectivity index (χ1) is 12.0. The summed E-state index contributed by atoms with van der Waals surface area (Å²) in [5, 5.41) is 2.93. The van der Waals surface area contributed by atoms with E-state index in [0.29, 0.717) is 11.0 Å². The zero-order valence-corrected chi connectivity index (χ0v) is 16.9.